The van der Waals surface area contributed by atoms with Crippen LogP contribution in [0.25, 0.3) is 0 Å². The Kier molecular flexibility index (Phi) is 5.79. The van der Waals surface area contributed by atoms with Gasteiger partial charge in [-0.25, -0.2) is 9.48 Å². The number of hydrogen-bond acceptors (Lipinski definition) is 6. The molecule has 0 fully saturated rings. The van der Waals surface area contributed by atoms with E-state index in [1.807, 2.05) is 44.2 Å². The van der Waals surface area contributed by atoms with E-state index in [1.54, 1.807) is 0 Å². The van der Waals surface area contributed by atoms with Gasteiger partial charge in [-0.05, 0) is 21.9 Å². The molecule has 1 amide bonds. The number of nitrogens with one attached hydrogen (secondary N) is 1. The molecule has 0 saturated carbocycles. The van der Waals surface area contributed by atoms with Crippen LogP contribution in [0.15, 0.2) is 36.7 Å². The molecule has 1 aromatic heterocycles. The van der Waals surface area contributed by atoms with Crippen molar-refractivity contribution in [3.05, 3.63) is 42.2 Å². The van der Waals surface area contributed by atoms with Crippen molar-refractivity contribution in [3.63, 3.8) is 0 Å². The molecule has 0 saturated heterocycles. The van der Waals surface area contributed by atoms with Crippen molar-refractivity contribution >= 4 is 11.9 Å². The van der Waals surface area contributed by atoms with Gasteiger partial charge in [0.2, 0.25) is 0 Å². The summed E-state index contributed by atoms with van der Waals surface area (Å²) in [4.78, 5) is 24.2. The Balaban J connectivity index is 0.00000288. The second-order valence-electron chi connectivity index (χ2n) is 5.40. The lowest BCUT2D eigenvalue weighted by atomic mass is 10.00. The maximum Gasteiger partial charge on any atom is 0.408 e. The zero-order valence-corrected chi connectivity index (χ0v) is 13.0. The summed E-state index contributed by atoms with van der Waals surface area (Å²) in [5.41, 5.74) is 0.878. The Bertz CT molecular complexity index is 634. The lowest BCUT2D eigenvalue weighted by molar-refractivity contribution is -0.122. The molecule has 0 bridgehead atoms. The van der Waals surface area contributed by atoms with Crippen LogP contribution in [0.1, 0.15) is 20.8 Å². The van der Waals surface area contributed by atoms with E-state index >= 15 is 0 Å². The maximum absolute atomic E-state index is 12.3. The Hall–Kier alpha value is -2.77. The average molecular weight is 319 g/mol. The van der Waals surface area contributed by atoms with Crippen molar-refractivity contribution in [1.82, 2.24) is 25.5 Å². The van der Waals surface area contributed by atoms with Gasteiger partial charge in [0.25, 0.3) is 0 Å². The van der Waals surface area contributed by atoms with E-state index in [1.165, 1.54) is 11.0 Å². The Morgan fingerprint density at radius 2 is 2.04 bits per heavy atom. The van der Waals surface area contributed by atoms with Crippen molar-refractivity contribution in [3.8, 4) is 0 Å². The van der Waals surface area contributed by atoms with Gasteiger partial charge in [-0.1, -0.05) is 44.2 Å². The first-order chi connectivity index (χ1) is 11.1. The number of aromatic nitrogens is 4. The molecule has 23 heavy (non-hydrogen) atoms. The molecule has 0 radical (unpaired) electrons. The molecule has 0 spiro atoms. The average Bonchev–Trinajstić information content (AvgIpc) is 3.04. The predicted molar refractivity (Wildman–Crippen MR) is 83.3 cm³/mol. The number of carbonyl (C=O) groups excluding carboxylic acids is 2. The molecule has 8 nitrogen and oxygen atoms in total. The van der Waals surface area contributed by atoms with Crippen LogP contribution in [0.4, 0.5) is 4.79 Å². The molecule has 1 atom stereocenters. The van der Waals surface area contributed by atoms with Gasteiger partial charge in [0.05, 0.1) is 6.04 Å². The number of tetrazole rings is 1. The molecule has 124 valence electrons. The molecular weight excluding hydrogens is 298 g/mol. The summed E-state index contributed by atoms with van der Waals surface area (Å²) in [6.45, 7) is 3.84. The number of hydrogen-bond donors (Lipinski definition) is 1. The first-order valence-corrected chi connectivity index (χ1v) is 7.27. The monoisotopic (exact) mass is 319 g/mol. The second-order valence-corrected chi connectivity index (χ2v) is 5.40. The quantitative estimate of drug-likeness (QED) is 0.829. The van der Waals surface area contributed by atoms with Gasteiger partial charge in [-0.3, -0.25) is 4.79 Å². The minimum atomic E-state index is -0.664. The molecule has 2 aromatic rings. The van der Waals surface area contributed by atoms with Crippen molar-refractivity contribution in [2.75, 3.05) is 0 Å². The summed E-state index contributed by atoms with van der Waals surface area (Å²) in [5, 5.41) is 13.2. The number of benzene rings is 1. The number of alkyl carbamates (subject to hydrolysis) is 1. The smallest absolute Gasteiger partial charge is 0.408 e. The first kappa shape index (κ1) is 16.6. The summed E-state index contributed by atoms with van der Waals surface area (Å²) in [6, 6.07) is 8.66. The van der Waals surface area contributed by atoms with Crippen LogP contribution in [0, 0.1) is 5.92 Å². The van der Waals surface area contributed by atoms with Crippen molar-refractivity contribution in [2.45, 2.75) is 33.0 Å². The minimum Gasteiger partial charge on any atom is -0.445 e. The van der Waals surface area contributed by atoms with Gasteiger partial charge in [0, 0.05) is 1.43 Å². The first-order valence-electron chi connectivity index (χ1n) is 7.27. The van der Waals surface area contributed by atoms with E-state index < -0.39 is 12.1 Å². The standard InChI is InChI=1S/C15H19N5O3.H2/c1-11(2)14(13(21)8-20-10-16-18-19-20)17-15(22)23-9-12-6-4-3-5-7-12;/h3-7,10-11,14H,8-9H2,1-2H3,(H,17,22);1H. The highest BCUT2D eigenvalue weighted by Crippen LogP contribution is 2.06. The topological polar surface area (TPSA) is 99.0 Å². The van der Waals surface area contributed by atoms with Crippen LogP contribution in [-0.4, -0.2) is 38.1 Å². The number of ether oxygens (including phenoxy) is 1. The highest BCUT2D eigenvalue weighted by molar-refractivity contribution is 5.87. The van der Waals surface area contributed by atoms with E-state index in [0.717, 1.165) is 5.56 Å². The maximum atomic E-state index is 12.3. The van der Waals surface area contributed by atoms with E-state index in [2.05, 4.69) is 20.8 Å². The van der Waals surface area contributed by atoms with Gasteiger partial charge in [-0.2, -0.15) is 0 Å². The third-order valence-electron chi connectivity index (χ3n) is 3.21. The van der Waals surface area contributed by atoms with Gasteiger partial charge in [-0.15, -0.1) is 5.10 Å². The number of carbonyl (C=O) groups is 2. The summed E-state index contributed by atoms with van der Waals surface area (Å²) in [6.07, 6.45) is 0.723. The fraction of sp³-hybridized carbons (Fsp3) is 0.400. The van der Waals surface area contributed by atoms with Gasteiger partial charge < -0.3 is 10.1 Å². The van der Waals surface area contributed by atoms with Gasteiger partial charge in [0.1, 0.15) is 19.5 Å². The van der Waals surface area contributed by atoms with Crippen LogP contribution in [0.3, 0.4) is 0 Å². The molecule has 0 aliphatic rings. The number of amides is 1. The van der Waals surface area contributed by atoms with Crippen molar-refractivity contribution in [2.24, 2.45) is 5.92 Å². The lowest BCUT2D eigenvalue weighted by Crippen LogP contribution is -2.46. The summed E-state index contributed by atoms with van der Waals surface area (Å²) in [5.74, 6) is -0.271. The molecule has 0 aliphatic heterocycles. The Morgan fingerprint density at radius 3 is 2.65 bits per heavy atom. The van der Waals surface area contributed by atoms with E-state index in [-0.39, 0.29) is 26.3 Å². The van der Waals surface area contributed by atoms with E-state index in [0.29, 0.717) is 0 Å². The molecule has 1 unspecified atom stereocenters. The third kappa shape index (κ3) is 5.17. The minimum absolute atomic E-state index is 0. The van der Waals surface area contributed by atoms with E-state index in [4.69, 9.17) is 4.74 Å². The number of ketones is 1. The zero-order chi connectivity index (χ0) is 16.7. The SMILES string of the molecule is CC(C)C(NC(=O)OCc1ccccc1)C(=O)Cn1cnnn1.[HH]. The highest BCUT2D eigenvalue weighted by Gasteiger charge is 2.25. The van der Waals surface area contributed by atoms with Crippen LogP contribution in [-0.2, 0) is 22.7 Å². The van der Waals surface area contributed by atoms with Crippen LogP contribution in [0.5, 0.6) is 0 Å². The summed E-state index contributed by atoms with van der Waals surface area (Å²) >= 11 is 0. The summed E-state index contributed by atoms with van der Waals surface area (Å²) < 4.78 is 6.46. The largest absolute Gasteiger partial charge is 0.445 e. The Morgan fingerprint density at radius 1 is 1.30 bits per heavy atom. The molecule has 2 rings (SSSR count). The molecule has 0 aliphatic carbocycles. The van der Waals surface area contributed by atoms with Gasteiger partial charge in [0.15, 0.2) is 5.78 Å². The second kappa shape index (κ2) is 8.02. The predicted octanol–water partition coefficient (Wildman–Crippen LogP) is 1.44. The fourth-order valence-electron chi connectivity index (χ4n) is 2.02. The lowest BCUT2D eigenvalue weighted by Gasteiger charge is -2.20. The molecule has 1 N–H and O–H groups in total. The normalized spacial score (nSPS) is 12.0. The van der Waals surface area contributed by atoms with Crippen molar-refractivity contribution in [1.29, 1.82) is 0 Å². The van der Waals surface area contributed by atoms with Gasteiger partial charge >= 0.3 is 6.09 Å². The zero-order valence-electron chi connectivity index (χ0n) is 13.0. The molecular formula is C15H21N5O3. The molecule has 1 aromatic carbocycles. The Labute approximate surface area is 135 Å². The van der Waals surface area contributed by atoms with Crippen LogP contribution in [0.2, 0.25) is 0 Å². The summed E-state index contributed by atoms with van der Waals surface area (Å²) in [7, 11) is 0. The number of Topliss-reactive ketones (excluding diaryl/α,β-unsaturated/α-hetero) is 1. The molecule has 1 heterocycles. The number of rotatable bonds is 7. The third-order valence-corrected chi connectivity index (χ3v) is 3.21. The number of nitrogens with zero attached hydrogens (tertiary/aromatic N) is 4. The van der Waals surface area contributed by atoms with E-state index in [9.17, 15) is 9.59 Å². The molecule has 8 heteroatoms. The van der Waals surface area contributed by atoms with Crippen LogP contribution < -0.4 is 5.32 Å². The fourth-order valence-corrected chi connectivity index (χ4v) is 2.02. The van der Waals surface area contributed by atoms with Crippen LogP contribution >= 0.6 is 0 Å². The highest BCUT2D eigenvalue weighted by atomic mass is 16.5. The van der Waals surface area contributed by atoms with Crippen molar-refractivity contribution < 1.29 is 15.8 Å².